The Morgan fingerprint density at radius 1 is 1.12 bits per heavy atom. The maximum Gasteiger partial charge on any atom is 0.0624 e. The SMILES string of the molecule is CCCC(CCC)C(Cl)c1cc(Br)ccc1Br. The molecule has 0 aromatic heterocycles. The van der Waals surface area contributed by atoms with Gasteiger partial charge in [0.25, 0.3) is 0 Å². The van der Waals surface area contributed by atoms with Gasteiger partial charge in [-0.2, -0.15) is 0 Å². The molecule has 17 heavy (non-hydrogen) atoms. The lowest BCUT2D eigenvalue weighted by molar-refractivity contribution is 0.425. The third-order valence-corrected chi connectivity index (χ3v) is 4.79. The minimum Gasteiger partial charge on any atom is -0.117 e. The molecular formula is C14H19Br2Cl. The molecule has 0 aliphatic carbocycles. The minimum absolute atomic E-state index is 0.0989. The number of hydrogen-bond acceptors (Lipinski definition) is 0. The van der Waals surface area contributed by atoms with Crippen LogP contribution in [0.2, 0.25) is 0 Å². The van der Waals surface area contributed by atoms with Gasteiger partial charge in [-0.1, -0.05) is 58.5 Å². The average molecular weight is 383 g/mol. The van der Waals surface area contributed by atoms with E-state index < -0.39 is 0 Å². The summed E-state index contributed by atoms with van der Waals surface area (Å²) in [6, 6.07) is 6.22. The second-order valence-electron chi connectivity index (χ2n) is 4.41. The molecule has 96 valence electrons. The Bertz CT molecular complexity index is 346. The zero-order valence-corrected chi connectivity index (χ0v) is 14.3. The van der Waals surface area contributed by atoms with E-state index in [1.807, 2.05) is 6.07 Å². The van der Waals surface area contributed by atoms with Crippen LogP contribution in [0.5, 0.6) is 0 Å². The van der Waals surface area contributed by atoms with Crippen LogP contribution < -0.4 is 0 Å². The summed E-state index contributed by atoms with van der Waals surface area (Å²) < 4.78 is 2.20. The van der Waals surface area contributed by atoms with Gasteiger partial charge in [0, 0.05) is 8.95 Å². The molecule has 0 N–H and O–H groups in total. The Hall–Kier alpha value is 0.470. The molecule has 1 rings (SSSR count). The summed E-state index contributed by atoms with van der Waals surface area (Å²) in [7, 11) is 0. The lowest BCUT2D eigenvalue weighted by Gasteiger charge is -2.23. The zero-order chi connectivity index (χ0) is 12.8. The average Bonchev–Trinajstić information content (AvgIpc) is 2.31. The molecule has 0 radical (unpaired) electrons. The second-order valence-corrected chi connectivity index (χ2v) is 6.65. The van der Waals surface area contributed by atoms with Crippen LogP contribution in [0.3, 0.4) is 0 Å². The van der Waals surface area contributed by atoms with Crippen LogP contribution in [-0.4, -0.2) is 0 Å². The first-order chi connectivity index (χ1) is 8.10. The number of halogens is 3. The van der Waals surface area contributed by atoms with E-state index in [9.17, 15) is 0 Å². The first kappa shape index (κ1) is 15.5. The molecule has 0 nitrogen and oxygen atoms in total. The van der Waals surface area contributed by atoms with Gasteiger partial charge in [-0.25, -0.2) is 0 Å². The van der Waals surface area contributed by atoms with Gasteiger partial charge >= 0.3 is 0 Å². The van der Waals surface area contributed by atoms with Gasteiger partial charge in [-0.15, -0.1) is 11.6 Å². The Morgan fingerprint density at radius 3 is 2.24 bits per heavy atom. The molecule has 1 aromatic carbocycles. The fourth-order valence-electron chi connectivity index (χ4n) is 2.16. The summed E-state index contributed by atoms with van der Waals surface area (Å²) in [5.74, 6) is 0.567. The summed E-state index contributed by atoms with van der Waals surface area (Å²) in [6.07, 6.45) is 4.78. The maximum absolute atomic E-state index is 6.66. The number of benzene rings is 1. The van der Waals surface area contributed by atoms with Gasteiger partial charge in [-0.05, 0) is 42.5 Å². The molecule has 0 fully saturated rings. The lowest BCUT2D eigenvalue weighted by atomic mass is 9.90. The van der Waals surface area contributed by atoms with E-state index >= 15 is 0 Å². The molecule has 0 aliphatic heterocycles. The lowest BCUT2D eigenvalue weighted by Crippen LogP contribution is -2.08. The summed E-state index contributed by atoms with van der Waals surface area (Å²) in [4.78, 5) is 0. The van der Waals surface area contributed by atoms with Crippen molar-refractivity contribution in [2.75, 3.05) is 0 Å². The van der Waals surface area contributed by atoms with Gasteiger partial charge in [0.05, 0.1) is 5.38 Å². The monoisotopic (exact) mass is 380 g/mol. The van der Waals surface area contributed by atoms with E-state index in [0.29, 0.717) is 5.92 Å². The van der Waals surface area contributed by atoms with E-state index in [0.717, 1.165) is 8.95 Å². The molecule has 1 atom stereocenters. The van der Waals surface area contributed by atoms with Gasteiger partial charge in [0.1, 0.15) is 0 Å². The Kier molecular flexibility index (Phi) is 7.13. The number of rotatable bonds is 6. The van der Waals surface area contributed by atoms with E-state index in [1.165, 1.54) is 31.2 Å². The van der Waals surface area contributed by atoms with Crippen molar-refractivity contribution in [1.29, 1.82) is 0 Å². The van der Waals surface area contributed by atoms with Crippen molar-refractivity contribution in [2.24, 2.45) is 5.92 Å². The normalized spacial score (nSPS) is 13.1. The first-order valence-corrected chi connectivity index (χ1v) is 8.21. The van der Waals surface area contributed by atoms with Crippen molar-refractivity contribution in [3.05, 3.63) is 32.7 Å². The van der Waals surface area contributed by atoms with E-state index in [4.69, 9.17) is 11.6 Å². The Balaban J connectivity index is 2.91. The van der Waals surface area contributed by atoms with E-state index in [-0.39, 0.29) is 5.38 Å². The molecule has 0 bridgehead atoms. The largest absolute Gasteiger partial charge is 0.117 e. The highest BCUT2D eigenvalue weighted by Crippen LogP contribution is 2.39. The minimum atomic E-state index is 0.0989. The molecule has 1 aromatic rings. The van der Waals surface area contributed by atoms with Crippen LogP contribution in [0, 0.1) is 5.92 Å². The van der Waals surface area contributed by atoms with Crippen LogP contribution in [0.15, 0.2) is 27.1 Å². The Morgan fingerprint density at radius 2 is 1.71 bits per heavy atom. The fraction of sp³-hybridized carbons (Fsp3) is 0.571. The quantitative estimate of drug-likeness (QED) is 0.480. The van der Waals surface area contributed by atoms with Crippen molar-refractivity contribution in [3.63, 3.8) is 0 Å². The van der Waals surface area contributed by atoms with Crippen LogP contribution in [0.1, 0.15) is 50.5 Å². The third kappa shape index (κ3) is 4.57. The van der Waals surface area contributed by atoms with Crippen molar-refractivity contribution in [1.82, 2.24) is 0 Å². The highest BCUT2D eigenvalue weighted by atomic mass is 79.9. The summed E-state index contributed by atoms with van der Waals surface area (Å²) in [5.41, 5.74) is 1.20. The van der Waals surface area contributed by atoms with E-state index in [2.05, 4.69) is 57.8 Å². The standard InChI is InChI=1S/C14H19Br2Cl/c1-3-5-10(6-4-2)14(17)12-9-11(15)7-8-13(12)16/h7-10,14H,3-6H2,1-2H3. The van der Waals surface area contributed by atoms with Crippen LogP contribution in [-0.2, 0) is 0 Å². The fourth-order valence-corrected chi connectivity index (χ4v) is 3.59. The highest BCUT2D eigenvalue weighted by Gasteiger charge is 2.21. The third-order valence-electron chi connectivity index (χ3n) is 2.99. The zero-order valence-electron chi connectivity index (χ0n) is 10.3. The Labute approximate surface area is 126 Å². The predicted octanol–water partition coefficient (Wildman–Crippen LogP) is 6.71. The smallest absolute Gasteiger partial charge is 0.0624 e. The number of hydrogen-bond donors (Lipinski definition) is 0. The molecule has 0 amide bonds. The molecule has 0 spiro atoms. The summed E-state index contributed by atoms with van der Waals surface area (Å²) in [6.45, 7) is 4.45. The second kappa shape index (κ2) is 7.81. The van der Waals surface area contributed by atoms with Crippen molar-refractivity contribution < 1.29 is 0 Å². The highest BCUT2D eigenvalue weighted by molar-refractivity contribution is 9.11. The van der Waals surface area contributed by atoms with Gasteiger partial charge in [-0.3, -0.25) is 0 Å². The molecule has 0 saturated carbocycles. The summed E-state index contributed by atoms with van der Waals surface area (Å²) >= 11 is 13.8. The molecule has 0 heterocycles. The number of alkyl halides is 1. The molecule has 0 aliphatic rings. The molecule has 1 unspecified atom stereocenters. The van der Waals surface area contributed by atoms with Crippen molar-refractivity contribution in [2.45, 2.75) is 44.9 Å². The van der Waals surface area contributed by atoms with Crippen molar-refractivity contribution >= 4 is 43.5 Å². The summed E-state index contributed by atoms with van der Waals surface area (Å²) in [5, 5.41) is 0.0989. The molecular weight excluding hydrogens is 363 g/mol. The van der Waals surface area contributed by atoms with E-state index in [1.54, 1.807) is 0 Å². The van der Waals surface area contributed by atoms with Crippen LogP contribution in [0.4, 0.5) is 0 Å². The molecule has 3 heteroatoms. The first-order valence-electron chi connectivity index (χ1n) is 6.19. The van der Waals surface area contributed by atoms with Crippen LogP contribution in [0.25, 0.3) is 0 Å². The van der Waals surface area contributed by atoms with Gasteiger partial charge in [0.15, 0.2) is 0 Å². The predicted molar refractivity (Wildman–Crippen MR) is 83.7 cm³/mol. The molecule has 0 saturated heterocycles. The van der Waals surface area contributed by atoms with Gasteiger partial charge in [0.2, 0.25) is 0 Å². The van der Waals surface area contributed by atoms with Crippen molar-refractivity contribution in [3.8, 4) is 0 Å². The van der Waals surface area contributed by atoms with Crippen LogP contribution >= 0.6 is 43.5 Å². The topological polar surface area (TPSA) is 0 Å². The van der Waals surface area contributed by atoms with Gasteiger partial charge < -0.3 is 0 Å². The maximum atomic E-state index is 6.66.